The predicted molar refractivity (Wildman–Crippen MR) is 65.5 cm³/mol. The summed E-state index contributed by atoms with van der Waals surface area (Å²) >= 11 is 0. The highest BCUT2D eigenvalue weighted by Crippen LogP contribution is 2.11. The minimum atomic E-state index is 0.208. The van der Waals surface area contributed by atoms with Crippen molar-refractivity contribution in [2.45, 2.75) is 40.2 Å². The first-order chi connectivity index (χ1) is 7.01. The number of rotatable bonds is 7. The molecule has 0 radical (unpaired) electrons. The van der Waals surface area contributed by atoms with E-state index >= 15 is 0 Å². The Morgan fingerprint density at radius 3 is 1.93 bits per heavy atom. The number of nitrogens with zero attached hydrogens (tertiary/aromatic N) is 2. The van der Waals surface area contributed by atoms with Crippen LogP contribution in [0.15, 0.2) is 12.7 Å². The third-order valence-electron chi connectivity index (χ3n) is 2.24. The average molecular weight is 208 g/mol. The second-order valence-corrected chi connectivity index (χ2v) is 4.91. The maximum atomic E-state index is 8.76. The molecule has 0 aromatic carbocycles. The van der Waals surface area contributed by atoms with E-state index in [1.807, 2.05) is 6.08 Å². The second-order valence-electron chi connectivity index (χ2n) is 4.91. The molecule has 2 heteroatoms. The zero-order valence-corrected chi connectivity index (χ0v) is 10.5. The van der Waals surface area contributed by atoms with E-state index in [0.29, 0.717) is 18.3 Å². The van der Waals surface area contributed by atoms with Gasteiger partial charge in [0.15, 0.2) is 0 Å². The second kappa shape index (κ2) is 7.48. The Bertz CT molecular complexity index is 203. The van der Waals surface area contributed by atoms with Crippen LogP contribution in [0.3, 0.4) is 0 Å². The Labute approximate surface area is 94.6 Å². The lowest BCUT2D eigenvalue weighted by molar-refractivity contribution is 0.184. The lowest BCUT2D eigenvalue weighted by Crippen LogP contribution is -2.39. The van der Waals surface area contributed by atoms with Crippen LogP contribution in [0, 0.1) is 23.2 Å². The van der Waals surface area contributed by atoms with Gasteiger partial charge in [-0.2, -0.15) is 5.26 Å². The summed E-state index contributed by atoms with van der Waals surface area (Å²) in [5, 5.41) is 8.76. The van der Waals surface area contributed by atoms with Crippen LogP contribution < -0.4 is 0 Å². The summed E-state index contributed by atoms with van der Waals surface area (Å²) in [6.45, 7) is 14.7. The van der Waals surface area contributed by atoms with Crippen molar-refractivity contribution in [1.29, 1.82) is 5.26 Å². The molecule has 2 nitrogen and oxygen atoms in total. The Hall–Kier alpha value is -0.810. The summed E-state index contributed by atoms with van der Waals surface area (Å²) in [6, 6.07) is 2.44. The molecule has 0 aliphatic rings. The molecule has 0 bridgehead atoms. The van der Waals surface area contributed by atoms with E-state index in [1.165, 1.54) is 0 Å². The lowest BCUT2D eigenvalue weighted by atomic mass is 10.1. The van der Waals surface area contributed by atoms with Crippen LogP contribution >= 0.6 is 0 Å². The first-order valence-corrected chi connectivity index (χ1v) is 5.74. The first kappa shape index (κ1) is 14.2. The van der Waals surface area contributed by atoms with Gasteiger partial charge in [0, 0.05) is 19.1 Å². The summed E-state index contributed by atoms with van der Waals surface area (Å²) in [5.41, 5.74) is 0. The van der Waals surface area contributed by atoms with Crippen LogP contribution in [0.4, 0.5) is 0 Å². The first-order valence-electron chi connectivity index (χ1n) is 5.74. The van der Waals surface area contributed by atoms with Crippen LogP contribution in [0.25, 0.3) is 0 Å². The Morgan fingerprint density at radius 1 is 1.20 bits per heavy atom. The highest BCUT2D eigenvalue weighted by Gasteiger charge is 2.17. The Morgan fingerprint density at radius 2 is 1.67 bits per heavy atom. The van der Waals surface area contributed by atoms with Crippen molar-refractivity contribution in [1.82, 2.24) is 4.90 Å². The van der Waals surface area contributed by atoms with Crippen LogP contribution in [0.5, 0.6) is 0 Å². The Kier molecular flexibility index (Phi) is 7.07. The molecule has 0 spiro atoms. The van der Waals surface area contributed by atoms with Gasteiger partial charge in [0.2, 0.25) is 0 Å². The average Bonchev–Trinajstić information content (AvgIpc) is 2.11. The molecule has 0 saturated heterocycles. The molecule has 0 amide bonds. The van der Waals surface area contributed by atoms with Crippen LogP contribution in [-0.2, 0) is 0 Å². The van der Waals surface area contributed by atoms with Crippen LogP contribution in [0.2, 0.25) is 0 Å². The molecule has 0 heterocycles. The normalized spacial score (nSPS) is 13.2. The van der Waals surface area contributed by atoms with Crippen molar-refractivity contribution in [3.63, 3.8) is 0 Å². The van der Waals surface area contributed by atoms with E-state index in [1.54, 1.807) is 0 Å². The van der Waals surface area contributed by atoms with E-state index in [2.05, 4.69) is 45.2 Å². The summed E-state index contributed by atoms with van der Waals surface area (Å²) in [4.78, 5) is 2.37. The summed E-state index contributed by atoms with van der Waals surface area (Å²) in [5.74, 6) is 1.26. The molecule has 1 atom stereocenters. The summed E-state index contributed by atoms with van der Waals surface area (Å²) < 4.78 is 0. The number of nitriles is 1. The number of hydrogen-bond acceptors (Lipinski definition) is 2. The molecular weight excluding hydrogens is 184 g/mol. The van der Waals surface area contributed by atoms with Gasteiger partial charge in [-0.05, 0) is 11.8 Å². The predicted octanol–water partition coefficient (Wildman–Crippen LogP) is 3.07. The molecule has 0 saturated carbocycles. The topological polar surface area (TPSA) is 27.0 Å². The monoisotopic (exact) mass is 208 g/mol. The van der Waals surface area contributed by atoms with Crippen molar-refractivity contribution in [3.05, 3.63) is 12.7 Å². The molecule has 0 fully saturated rings. The van der Waals surface area contributed by atoms with Gasteiger partial charge in [0.1, 0.15) is 0 Å². The van der Waals surface area contributed by atoms with E-state index in [0.717, 1.165) is 13.1 Å². The molecule has 0 rings (SSSR count). The quantitative estimate of drug-likeness (QED) is 0.601. The van der Waals surface area contributed by atoms with Crippen molar-refractivity contribution in [2.75, 3.05) is 13.1 Å². The van der Waals surface area contributed by atoms with Gasteiger partial charge in [0.05, 0.1) is 12.5 Å². The molecule has 0 N–H and O–H groups in total. The Balaban J connectivity index is 4.43. The van der Waals surface area contributed by atoms with Crippen molar-refractivity contribution < 1.29 is 0 Å². The molecule has 0 aromatic heterocycles. The minimum absolute atomic E-state index is 0.208. The number of hydrogen-bond donors (Lipinski definition) is 0. The fourth-order valence-electron chi connectivity index (χ4n) is 1.74. The molecule has 0 aliphatic heterocycles. The maximum absolute atomic E-state index is 8.76. The van der Waals surface area contributed by atoms with Gasteiger partial charge in [-0.1, -0.05) is 33.8 Å². The summed E-state index contributed by atoms with van der Waals surface area (Å²) in [7, 11) is 0. The fourth-order valence-corrected chi connectivity index (χ4v) is 1.74. The van der Waals surface area contributed by atoms with Gasteiger partial charge in [-0.3, -0.25) is 4.90 Å². The third-order valence-corrected chi connectivity index (χ3v) is 2.24. The van der Waals surface area contributed by atoms with E-state index in [4.69, 9.17) is 5.26 Å². The van der Waals surface area contributed by atoms with Gasteiger partial charge in [-0.15, -0.1) is 6.58 Å². The van der Waals surface area contributed by atoms with E-state index in [-0.39, 0.29) is 6.04 Å². The third kappa shape index (κ3) is 6.30. The van der Waals surface area contributed by atoms with Gasteiger partial charge >= 0.3 is 0 Å². The van der Waals surface area contributed by atoms with E-state index < -0.39 is 0 Å². The summed E-state index contributed by atoms with van der Waals surface area (Å²) in [6.07, 6.45) is 2.44. The van der Waals surface area contributed by atoms with E-state index in [9.17, 15) is 0 Å². The van der Waals surface area contributed by atoms with Crippen molar-refractivity contribution >= 4 is 0 Å². The highest BCUT2D eigenvalue weighted by molar-refractivity contribution is 4.94. The van der Waals surface area contributed by atoms with Crippen molar-refractivity contribution in [2.24, 2.45) is 11.8 Å². The smallest absolute Gasteiger partial charge is 0.0641 e. The standard InChI is InChI=1S/C13H24N2/c1-6-13(7-8-14)15(9-11(2)3)10-12(4)5/h6,11-13H,1,7,9-10H2,2-5H3. The zero-order chi connectivity index (χ0) is 11.8. The zero-order valence-electron chi connectivity index (χ0n) is 10.5. The van der Waals surface area contributed by atoms with Gasteiger partial charge in [-0.25, -0.2) is 0 Å². The molecule has 1 unspecified atom stereocenters. The molecule has 0 aromatic rings. The van der Waals surface area contributed by atoms with Crippen molar-refractivity contribution in [3.8, 4) is 6.07 Å². The largest absolute Gasteiger partial charge is 0.295 e. The molecule has 15 heavy (non-hydrogen) atoms. The van der Waals surface area contributed by atoms with Gasteiger partial charge < -0.3 is 0 Å². The highest BCUT2D eigenvalue weighted by atomic mass is 15.2. The lowest BCUT2D eigenvalue weighted by Gasteiger charge is -2.31. The van der Waals surface area contributed by atoms with Crippen LogP contribution in [-0.4, -0.2) is 24.0 Å². The molecular formula is C13H24N2. The molecule has 0 aliphatic carbocycles. The van der Waals surface area contributed by atoms with Gasteiger partial charge in [0.25, 0.3) is 0 Å². The maximum Gasteiger partial charge on any atom is 0.0641 e. The molecule has 86 valence electrons. The SMILES string of the molecule is C=CC(CC#N)N(CC(C)C)CC(C)C. The fraction of sp³-hybridized carbons (Fsp3) is 0.769. The van der Waals surface area contributed by atoms with Crippen LogP contribution in [0.1, 0.15) is 34.1 Å². The minimum Gasteiger partial charge on any atom is -0.295 e.